The number of aliphatic hydroxyl groups excluding tert-OH is 1. The van der Waals surface area contributed by atoms with Crippen molar-refractivity contribution in [3.8, 4) is 41.2 Å². The Morgan fingerprint density at radius 2 is 1.96 bits per heavy atom. The number of phenolic OH excluding ortho intramolecular Hbond substituents is 1. The second kappa shape index (κ2) is 12.9. The number of benzene rings is 2. The number of nitrogens with one attached hydrogen (secondary N) is 1. The number of unbranched alkanes of at least 4 members (excludes halogenated alkanes) is 1. The lowest BCUT2D eigenvalue weighted by Gasteiger charge is -2.41. The summed E-state index contributed by atoms with van der Waals surface area (Å²) in [7, 11) is 3.63. The van der Waals surface area contributed by atoms with Crippen LogP contribution in [0.2, 0.25) is 0 Å². The van der Waals surface area contributed by atoms with Crippen LogP contribution < -0.4 is 19.3 Å². The van der Waals surface area contributed by atoms with E-state index in [-0.39, 0.29) is 68.7 Å². The molecule has 3 N–H and O–H groups in total. The van der Waals surface area contributed by atoms with Gasteiger partial charge >= 0.3 is 6.01 Å². The number of aromatic nitrogens is 3. The summed E-state index contributed by atoms with van der Waals surface area (Å²) in [5.74, 6) is 0.890. The van der Waals surface area contributed by atoms with E-state index in [1.54, 1.807) is 4.90 Å². The number of methoxy groups -OCH3 is 1. The maximum atomic E-state index is 16.9. The fraction of sp³-hybridized carbons (Fsp3) is 0.457. The molecule has 0 bridgehead atoms. The minimum absolute atomic E-state index is 0.00925. The van der Waals surface area contributed by atoms with Crippen molar-refractivity contribution in [2.75, 3.05) is 45.5 Å². The number of quaternary nitrogens is 1. The normalized spacial score (nSPS) is 20.9. The number of pyridine rings is 1. The van der Waals surface area contributed by atoms with Crippen LogP contribution in [0.1, 0.15) is 57.4 Å². The Labute approximate surface area is 267 Å². The Bertz CT molecular complexity index is 1830. The number of piperidine rings is 1. The van der Waals surface area contributed by atoms with Gasteiger partial charge in [0.15, 0.2) is 11.6 Å². The van der Waals surface area contributed by atoms with E-state index in [9.17, 15) is 14.6 Å². The largest absolute Gasteiger partial charge is 0.508 e. The molecule has 2 aliphatic rings. The summed E-state index contributed by atoms with van der Waals surface area (Å²) in [5.41, 5.74) is -0.405. The first-order valence-electron chi connectivity index (χ1n) is 15.9. The average molecular weight is 633 g/mol. The fourth-order valence-electron chi connectivity index (χ4n) is 7.62. The summed E-state index contributed by atoms with van der Waals surface area (Å²) in [4.78, 5) is 16.9. The van der Waals surface area contributed by atoms with Crippen LogP contribution >= 0.6 is 0 Å². The van der Waals surface area contributed by atoms with Crippen LogP contribution in [0.4, 0.5) is 14.6 Å². The third-order valence-electron chi connectivity index (χ3n) is 9.84. The highest BCUT2D eigenvalue weighted by Crippen LogP contribution is 2.44. The number of likely N-dealkylation sites (tertiary alicyclic amines) is 1. The zero-order chi connectivity index (χ0) is 32.6. The van der Waals surface area contributed by atoms with Crippen molar-refractivity contribution >= 4 is 27.5 Å². The van der Waals surface area contributed by atoms with Crippen LogP contribution in [0.5, 0.6) is 17.6 Å². The lowest BCUT2D eigenvalue weighted by molar-refractivity contribution is -0.919. The molecule has 3 atom stereocenters. The molecule has 2 aromatic carbocycles. The lowest BCUT2D eigenvalue weighted by atomic mass is 9.76. The zero-order valence-corrected chi connectivity index (χ0v) is 26.5. The number of ether oxygens (including phenoxy) is 2. The predicted octanol–water partition coefficient (Wildman–Crippen LogP) is 4.60. The number of fused-ring (bicyclic) bond motifs is 3. The molecular weight excluding hydrogens is 592 g/mol. The summed E-state index contributed by atoms with van der Waals surface area (Å²) >= 11 is 0. The van der Waals surface area contributed by atoms with Gasteiger partial charge in [-0.2, -0.15) is 9.97 Å². The van der Waals surface area contributed by atoms with Gasteiger partial charge in [0.1, 0.15) is 41.5 Å². The quantitative estimate of drug-likeness (QED) is 0.172. The van der Waals surface area contributed by atoms with E-state index in [0.29, 0.717) is 24.6 Å². The molecule has 2 fully saturated rings. The second-order valence-corrected chi connectivity index (χ2v) is 12.5. The van der Waals surface area contributed by atoms with Crippen molar-refractivity contribution in [2.45, 2.75) is 57.9 Å². The number of nitrogens with zero attached hydrogens (tertiary/aromatic N) is 4. The second-order valence-electron chi connectivity index (χ2n) is 12.5. The number of rotatable bonds is 10. The minimum atomic E-state index is -0.851. The van der Waals surface area contributed by atoms with Gasteiger partial charge in [0, 0.05) is 23.9 Å². The van der Waals surface area contributed by atoms with Crippen LogP contribution in [-0.2, 0) is 0 Å². The highest BCUT2D eigenvalue weighted by molar-refractivity contribution is 6.04. The first kappa shape index (κ1) is 31.7. The van der Waals surface area contributed by atoms with Gasteiger partial charge in [0.25, 0.3) is 0 Å². The number of aliphatic hydroxyl groups is 1. The summed E-state index contributed by atoms with van der Waals surface area (Å²) in [6.07, 6.45) is 12.7. The number of terminal acetylenes is 1. The monoisotopic (exact) mass is 632 g/mol. The average Bonchev–Trinajstić information content (AvgIpc) is 3.50. The van der Waals surface area contributed by atoms with Crippen molar-refractivity contribution < 1.29 is 33.4 Å². The van der Waals surface area contributed by atoms with Gasteiger partial charge in [-0.1, -0.05) is 25.3 Å². The highest BCUT2D eigenvalue weighted by atomic mass is 19.1. The van der Waals surface area contributed by atoms with E-state index in [1.807, 2.05) is 6.92 Å². The zero-order valence-electron chi connectivity index (χ0n) is 26.5. The summed E-state index contributed by atoms with van der Waals surface area (Å²) in [6.45, 7) is 3.60. The standard InChI is InChI=1S/C35H39F2N5O4/c1-5-7-16-42(20-43)32-28-31(39-34(40-32)46-19-35-13-8-10-26(35)41(3)15-9-14-35)29(37)30(38-33(28)45-4)24-18-22(44)17-21-11-12-25(36)23(6-2)27(21)24/h2,11-12,17-18,26,43-44H,5,7-10,13-16,19-20H2,1,3-4H3/p+1. The van der Waals surface area contributed by atoms with E-state index in [0.717, 1.165) is 51.5 Å². The molecular formula is C35H40F2N5O4+. The van der Waals surface area contributed by atoms with Gasteiger partial charge in [-0.3, -0.25) is 0 Å². The number of phenols is 1. The molecule has 0 spiro atoms. The van der Waals surface area contributed by atoms with Crippen molar-refractivity contribution in [2.24, 2.45) is 5.41 Å². The third kappa shape index (κ3) is 5.43. The molecule has 2 aromatic heterocycles. The van der Waals surface area contributed by atoms with Crippen LogP contribution in [0, 0.1) is 29.4 Å². The summed E-state index contributed by atoms with van der Waals surface area (Å²) < 4.78 is 43.9. The Hall–Kier alpha value is -4.27. The molecule has 11 heteroatoms. The van der Waals surface area contributed by atoms with Crippen LogP contribution in [-0.4, -0.2) is 71.8 Å². The minimum Gasteiger partial charge on any atom is -0.508 e. The van der Waals surface area contributed by atoms with Crippen molar-refractivity contribution in [3.05, 3.63) is 41.5 Å². The Morgan fingerprint density at radius 1 is 1.15 bits per heavy atom. The maximum Gasteiger partial charge on any atom is 0.319 e. The van der Waals surface area contributed by atoms with Gasteiger partial charge in [0.2, 0.25) is 5.88 Å². The molecule has 3 heterocycles. The van der Waals surface area contributed by atoms with E-state index in [2.05, 4.69) is 22.9 Å². The number of halogens is 2. The van der Waals surface area contributed by atoms with Gasteiger partial charge < -0.3 is 29.5 Å². The SMILES string of the molecule is C#Cc1c(F)ccc2cc(O)cc(-c3nc(OC)c4c(N(CO)CCCC)nc(OCC56CCCC5[NH+](C)CCC6)nc4c3F)c12. The van der Waals surface area contributed by atoms with Crippen LogP contribution in [0.3, 0.4) is 0 Å². The van der Waals surface area contributed by atoms with Crippen LogP contribution in [0.15, 0.2) is 24.3 Å². The molecule has 46 heavy (non-hydrogen) atoms. The number of hydrogen-bond donors (Lipinski definition) is 3. The van der Waals surface area contributed by atoms with Gasteiger partial charge in [0.05, 0.1) is 37.7 Å². The van der Waals surface area contributed by atoms with Crippen molar-refractivity contribution in [1.82, 2.24) is 15.0 Å². The van der Waals surface area contributed by atoms with Gasteiger partial charge in [-0.05, 0) is 55.7 Å². The van der Waals surface area contributed by atoms with Crippen LogP contribution in [0.25, 0.3) is 32.9 Å². The lowest BCUT2D eigenvalue weighted by Crippen LogP contribution is -3.15. The first-order valence-corrected chi connectivity index (χ1v) is 15.9. The third-order valence-corrected chi connectivity index (χ3v) is 9.84. The van der Waals surface area contributed by atoms with E-state index >= 15 is 4.39 Å². The van der Waals surface area contributed by atoms with Gasteiger partial charge in [-0.15, -0.1) is 6.42 Å². The number of aromatic hydroxyl groups is 1. The molecule has 0 amide bonds. The molecule has 9 nitrogen and oxygen atoms in total. The van der Waals surface area contributed by atoms with E-state index in [1.165, 1.54) is 36.3 Å². The Balaban J connectivity index is 1.57. The predicted molar refractivity (Wildman–Crippen MR) is 172 cm³/mol. The number of hydrogen-bond acceptors (Lipinski definition) is 8. The van der Waals surface area contributed by atoms with Crippen molar-refractivity contribution in [1.29, 1.82) is 0 Å². The summed E-state index contributed by atoms with van der Waals surface area (Å²) in [5, 5.41) is 21.8. The fourth-order valence-corrected chi connectivity index (χ4v) is 7.62. The number of anilines is 1. The molecule has 1 aliphatic heterocycles. The van der Waals surface area contributed by atoms with Crippen molar-refractivity contribution in [3.63, 3.8) is 0 Å². The van der Waals surface area contributed by atoms with Gasteiger partial charge in [-0.25, -0.2) is 13.8 Å². The maximum absolute atomic E-state index is 16.9. The molecule has 242 valence electrons. The molecule has 4 aromatic rings. The smallest absolute Gasteiger partial charge is 0.319 e. The molecule has 1 saturated heterocycles. The Kier molecular flexibility index (Phi) is 8.86. The topological polar surface area (TPSA) is 105 Å². The highest BCUT2D eigenvalue weighted by Gasteiger charge is 2.50. The first-order chi connectivity index (χ1) is 22.2. The Morgan fingerprint density at radius 3 is 2.70 bits per heavy atom. The molecule has 6 rings (SSSR count). The summed E-state index contributed by atoms with van der Waals surface area (Å²) in [6, 6.07) is 5.83. The van der Waals surface area contributed by atoms with E-state index in [4.69, 9.17) is 20.9 Å². The molecule has 0 radical (unpaired) electrons. The molecule has 1 saturated carbocycles. The van der Waals surface area contributed by atoms with E-state index < -0.39 is 11.6 Å². The molecule has 1 aliphatic carbocycles. The molecule has 3 unspecified atom stereocenters.